The number of esters is 1. The van der Waals surface area contributed by atoms with Crippen LogP contribution in [0.25, 0.3) is 16.9 Å². The largest absolute Gasteiger partial charge is 0.463 e. The molecule has 3 aliphatic rings. The Kier molecular flexibility index (Phi) is 11.9. The predicted octanol–water partition coefficient (Wildman–Crippen LogP) is 8.48. The second-order valence-electron chi connectivity index (χ2n) is 17.0. The Bertz CT molecular complexity index is 2680. The maximum atomic E-state index is 15.6. The van der Waals surface area contributed by atoms with Crippen molar-refractivity contribution in [2.24, 2.45) is 15.8 Å². The Hall–Kier alpha value is -6.40. The average molecular weight is 927 g/mol. The van der Waals surface area contributed by atoms with Crippen LogP contribution in [-0.4, -0.2) is 72.7 Å². The van der Waals surface area contributed by atoms with Crippen LogP contribution in [0.2, 0.25) is 5.02 Å². The summed E-state index contributed by atoms with van der Waals surface area (Å²) in [6.45, 7) is -2.13. The normalized spacial score (nSPS) is 18.7. The van der Waals surface area contributed by atoms with Crippen molar-refractivity contribution >= 4 is 35.3 Å². The Morgan fingerprint density at radius 2 is 1.72 bits per heavy atom. The number of nitrogens with zero attached hydrogens (tertiary/aromatic N) is 8. The van der Waals surface area contributed by atoms with Crippen LogP contribution >= 0.6 is 11.6 Å². The number of carbonyl (C=O) groups is 3. The number of hydrogen-bond acceptors (Lipinski definition) is 8. The van der Waals surface area contributed by atoms with Gasteiger partial charge in [0.1, 0.15) is 17.8 Å². The average Bonchev–Trinajstić information content (AvgIpc) is 4.13. The molecule has 65 heavy (non-hydrogen) atoms. The summed E-state index contributed by atoms with van der Waals surface area (Å²) < 4.78 is 108. The van der Waals surface area contributed by atoms with Crippen molar-refractivity contribution in [3.8, 4) is 16.9 Å². The summed E-state index contributed by atoms with van der Waals surface area (Å²) in [4.78, 5) is 49.1. The van der Waals surface area contributed by atoms with Crippen LogP contribution in [-0.2, 0) is 19.9 Å². The molecule has 8 rings (SSSR count). The highest BCUT2D eigenvalue weighted by atomic mass is 35.5. The number of rotatable bonds is 15. The molecule has 5 aromatic rings. The molecule has 2 atom stereocenters. The molecule has 3 heterocycles. The number of amides is 2. The van der Waals surface area contributed by atoms with Crippen molar-refractivity contribution in [3.05, 3.63) is 119 Å². The highest BCUT2D eigenvalue weighted by Gasteiger charge is 2.60. The first-order valence-electron chi connectivity index (χ1n) is 20.4. The number of benzene rings is 3. The van der Waals surface area contributed by atoms with E-state index in [1.807, 2.05) is 0 Å². The zero-order chi connectivity index (χ0) is 46.5. The van der Waals surface area contributed by atoms with Crippen LogP contribution in [0.15, 0.2) is 102 Å². The Morgan fingerprint density at radius 1 is 1.02 bits per heavy atom. The maximum absolute atomic E-state index is 15.6. The third-order valence-corrected chi connectivity index (χ3v) is 12.2. The van der Waals surface area contributed by atoms with Crippen LogP contribution in [0.4, 0.5) is 30.7 Å². The minimum Gasteiger partial charge on any atom is -0.463 e. The molecule has 0 bridgehead atoms. The first-order chi connectivity index (χ1) is 30.8. The smallest absolute Gasteiger partial charge is 0.394 e. The maximum Gasteiger partial charge on any atom is 0.394 e. The molecule has 13 nitrogen and oxygen atoms in total. The van der Waals surface area contributed by atoms with E-state index in [1.165, 1.54) is 48.7 Å². The Morgan fingerprint density at radius 3 is 2.35 bits per heavy atom. The topological polar surface area (TPSA) is 140 Å². The molecule has 2 amide bonds. The number of halogens is 8. The van der Waals surface area contributed by atoms with E-state index in [-0.39, 0.29) is 46.3 Å². The van der Waals surface area contributed by atoms with E-state index < -0.39 is 84.6 Å². The fourth-order valence-electron chi connectivity index (χ4n) is 7.74. The molecule has 2 saturated carbocycles. The summed E-state index contributed by atoms with van der Waals surface area (Å²) >= 11 is 6.54. The zero-order valence-corrected chi connectivity index (χ0v) is 35.4. The SMILES string of the molecule is CC(C)(C[C@]1(c2ccc(-c3cnn(C4CC4)n3)cc2)NC(=C=NC(=O)c2ccccc2)N([C@H](COC(=O)CC2(C(F)F)CC2)c2ccc(Cl)c(-[n+]3ccnn3C(F)F)c2)C1=O)C(F)(F)F. The summed E-state index contributed by atoms with van der Waals surface area (Å²) in [6.07, 6.45) is -3.63. The van der Waals surface area contributed by atoms with Crippen LogP contribution in [0.3, 0.4) is 0 Å². The van der Waals surface area contributed by atoms with Gasteiger partial charge in [-0.05, 0) is 67.5 Å². The highest BCUT2D eigenvalue weighted by Crippen LogP contribution is 2.54. The van der Waals surface area contributed by atoms with Crippen molar-refractivity contribution < 1.29 is 54.5 Å². The quantitative estimate of drug-likeness (QED) is 0.0478. The molecule has 0 spiro atoms. The van der Waals surface area contributed by atoms with E-state index in [0.29, 0.717) is 16.1 Å². The van der Waals surface area contributed by atoms with Gasteiger partial charge in [-0.3, -0.25) is 19.3 Å². The predicted molar refractivity (Wildman–Crippen MR) is 218 cm³/mol. The van der Waals surface area contributed by atoms with E-state index in [9.17, 15) is 40.3 Å². The number of hydrogen-bond donors (Lipinski definition) is 1. The van der Waals surface area contributed by atoms with Crippen LogP contribution in [0.5, 0.6) is 0 Å². The third kappa shape index (κ3) is 9.01. The van der Waals surface area contributed by atoms with Gasteiger partial charge in [0, 0.05) is 32.3 Å². The van der Waals surface area contributed by atoms with E-state index >= 15 is 4.79 Å². The molecule has 2 aliphatic carbocycles. The molecule has 2 aromatic heterocycles. The lowest BCUT2D eigenvalue weighted by molar-refractivity contribution is -0.701. The van der Waals surface area contributed by atoms with E-state index in [2.05, 4.69) is 31.5 Å². The molecular formula is C44H40ClF7N9O4+. The van der Waals surface area contributed by atoms with Gasteiger partial charge in [0.25, 0.3) is 11.8 Å². The second-order valence-corrected chi connectivity index (χ2v) is 17.4. The van der Waals surface area contributed by atoms with Gasteiger partial charge in [-0.2, -0.15) is 41.9 Å². The molecule has 1 saturated heterocycles. The van der Waals surface area contributed by atoms with Gasteiger partial charge in [-0.25, -0.2) is 8.78 Å². The minimum absolute atomic E-state index is 0.0190. The zero-order valence-electron chi connectivity index (χ0n) is 34.7. The molecule has 3 aromatic carbocycles. The summed E-state index contributed by atoms with van der Waals surface area (Å²) in [5, 5.41) is 15.3. The van der Waals surface area contributed by atoms with Gasteiger partial charge in [0.15, 0.2) is 17.7 Å². The first-order valence-corrected chi connectivity index (χ1v) is 20.8. The molecule has 1 aliphatic heterocycles. The van der Waals surface area contributed by atoms with Crippen LogP contribution in [0.1, 0.15) is 92.5 Å². The van der Waals surface area contributed by atoms with Gasteiger partial charge in [-0.1, -0.05) is 74.0 Å². The molecule has 0 unspecified atom stereocenters. The van der Waals surface area contributed by atoms with Crippen molar-refractivity contribution in [1.82, 2.24) is 35.1 Å². The molecule has 21 heteroatoms. The summed E-state index contributed by atoms with van der Waals surface area (Å²) in [6, 6.07) is 16.2. The van der Waals surface area contributed by atoms with Crippen molar-refractivity contribution in [2.45, 2.75) is 89.1 Å². The first kappa shape index (κ1) is 45.2. The summed E-state index contributed by atoms with van der Waals surface area (Å²) in [5.74, 6) is -0.866. The fraction of sp³-hybridized carbons (Fsp3) is 0.386. The van der Waals surface area contributed by atoms with E-state index in [1.54, 1.807) is 41.3 Å². The second kappa shape index (κ2) is 17.2. The standard InChI is InChI=1S/C44H40ClF7N9O4/c1-41(2,44(50,51)52)25-43(29-11-8-26(9-12-29)32-22-55-60(57-32)30-13-14-30)39(64)59(35(56-43)23-53-37(63)27-6-4-3-5-7-27)34(24-65-36(62)21-42(16-17-42)38(46)47)28-10-15-31(45)33(20-28)58-19-18-54-61(58)40(48)49/h3-12,15,18-20,22,30,34,38,40,56H,13-14,16-17,21,24-25H2,1-2H3/q+1/t34-,43-/m1/s1. The Labute approximate surface area is 371 Å². The minimum atomic E-state index is -4.88. The number of ether oxygens (including phenoxy) is 1. The van der Waals surface area contributed by atoms with E-state index in [0.717, 1.165) is 42.5 Å². The van der Waals surface area contributed by atoms with Crippen LogP contribution in [0, 0.1) is 10.8 Å². The fourth-order valence-corrected chi connectivity index (χ4v) is 7.95. The Balaban J connectivity index is 1.29. The number of carbonyl (C=O) groups excluding carboxylic acids is 3. The third-order valence-electron chi connectivity index (χ3n) is 11.9. The van der Waals surface area contributed by atoms with Crippen molar-refractivity contribution in [2.75, 3.05) is 6.61 Å². The van der Waals surface area contributed by atoms with E-state index in [4.69, 9.17) is 16.3 Å². The monoisotopic (exact) mass is 926 g/mol. The number of aliphatic imine (C=N–C) groups is 1. The molecular weight excluding hydrogens is 887 g/mol. The van der Waals surface area contributed by atoms with Gasteiger partial charge in [0.2, 0.25) is 12.6 Å². The summed E-state index contributed by atoms with van der Waals surface area (Å²) in [7, 11) is 0. The van der Waals surface area contributed by atoms with Gasteiger partial charge >= 0.3 is 18.7 Å². The van der Waals surface area contributed by atoms with Crippen LogP contribution < -0.4 is 10.00 Å². The summed E-state index contributed by atoms with van der Waals surface area (Å²) in [5.41, 5.74) is -5.46. The highest BCUT2D eigenvalue weighted by molar-refractivity contribution is 6.32. The molecule has 3 fully saturated rings. The molecule has 340 valence electrons. The molecule has 1 N–H and O–H groups in total. The van der Waals surface area contributed by atoms with Gasteiger partial charge in [-0.15, -0.1) is 4.68 Å². The number of aromatic nitrogens is 6. The van der Waals surface area contributed by atoms with Gasteiger partial charge in [0.05, 0.1) is 35.1 Å². The number of nitrogens with one attached hydrogen (secondary N) is 1. The van der Waals surface area contributed by atoms with Crippen molar-refractivity contribution in [1.29, 1.82) is 0 Å². The molecule has 0 radical (unpaired) electrons. The lowest BCUT2D eigenvalue weighted by Crippen LogP contribution is -2.50. The van der Waals surface area contributed by atoms with Crippen molar-refractivity contribution in [3.63, 3.8) is 0 Å². The van der Waals surface area contributed by atoms with Gasteiger partial charge < -0.3 is 10.1 Å². The lowest BCUT2D eigenvalue weighted by atomic mass is 9.74. The lowest BCUT2D eigenvalue weighted by Gasteiger charge is -2.37. The number of alkyl halides is 7.